The topological polar surface area (TPSA) is 27.7 Å². The van der Waals surface area contributed by atoms with Crippen LogP contribution in [-0.2, 0) is 6.54 Å². The number of hydrogen-bond acceptors (Lipinski definition) is 4. The average molecular weight is 275 g/mol. The van der Waals surface area contributed by atoms with Gasteiger partial charge in [0.1, 0.15) is 5.75 Å². The van der Waals surface area contributed by atoms with Crippen LogP contribution >= 0.6 is 0 Å². The summed E-state index contributed by atoms with van der Waals surface area (Å²) in [6.45, 7) is 9.43. The first-order valence-corrected chi connectivity index (χ1v) is 7.67. The minimum Gasteiger partial charge on any atom is -0.494 e. The lowest BCUT2D eigenvalue weighted by molar-refractivity contribution is 0.106. The summed E-state index contributed by atoms with van der Waals surface area (Å²) in [4.78, 5) is 5.02. The van der Waals surface area contributed by atoms with Gasteiger partial charge in [0, 0.05) is 45.3 Å². The molecule has 0 aromatic heterocycles. The zero-order chi connectivity index (χ0) is 13.9. The molecule has 4 nitrogen and oxygen atoms in total. The van der Waals surface area contributed by atoms with Gasteiger partial charge in [-0.2, -0.15) is 0 Å². The number of hydrogen-bond donors (Lipinski definition) is 1. The van der Waals surface area contributed by atoms with Crippen molar-refractivity contribution in [1.82, 2.24) is 15.1 Å². The molecule has 1 atom stereocenters. The Balaban J connectivity index is 1.82. The van der Waals surface area contributed by atoms with E-state index in [9.17, 15) is 0 Å². The van der Waals surface area contributed by atoms with Crippen molar-refractivity contribution in [2.24, 2.45) is 0 Å². The molecule has 4 heteroatoms. The number of ether oxygens (including phenoxy) is 1. The van der Waals surface area contributed by atoms with E-state index < -0.39 is 0 Å². The monoisotopic (exact) mass is 275 g/mol. The lowest BCUT2D eigenvalue weighted by atomic mass is 9.94. The Kier molecular flexibility index (Phi) is 4.24. The molecule has 2 aliphatic heterocycles. The van der Waals surface area contributed by atoms with Gasteiger partial charge >= 0.3 is 0 Å². The molecule has 0 aliphatic carbocycles. The molecule has 110 valence electrons. The number of nitrogens with one attached hydrogen (secondary N) is 1. The predicted molar refractivity (Wildman–Crippen MR) is 81.1 cm³/mol. The molecule has 2 aliphatic rings. The van der Waals surface area contributed by atoms with Crippen molar-refractivity contribution in [3.63, 3.8) is 0 Å². The van der Waals surface area contributed by atoms with E-state index in [0.717, 1.165) is 51.6 Å². The molecule has 1 fully saturated rings. The van der Waals surface area contributed by atoms with E-state index in [1.165, 1.54) is 11.1 Å². The van der Waals surface area contributed by atoms with Gasteiger partial charge in [0.25, 0.3) is 0 Å². The van der Waals surface area contributed by atoms with E-state index in [0.29, 0.717) is 6.04 Å². The number of rotatable bonds is 3. The molecule has 0 saturated carbocycles. The maximum absolute atomic E-state index is 5.68. The predicted octanol–water partition coefficient (Wildman–Crippen LogP) is 1.48. The van der Waals surface area contributed by atoms with Crippen molar-refractivity contribution in [1.29, 1.82) is 0 Å². The van der Waals surface area contributed by atoms with Crippen LogP contribution in [0.15, 0.2) is 18.2 Å². The Morgan fingerprint density at radius 3 is 2.80 bits per heavy atom. The molecule has 0 unspecified atom stereocenters. The Hall–Kier alpha value is -1.10. The number of nitrogens with zero attached hydrogens (tertiary/aromatic N) is 2. The summed E-state index contributed by atoms with van der Waals surface area (Å²) in [6.07, 6.45) is 0. The number of fused-ring (bicyclic) bond motifs is 1. The van der Waals surface area contributed by atoms with Crippen LogP contribution in [-0.4, -0.2) is 56.2 Å². The molecule has 0 radical (unpaired) electrons. The minimum absolute atomic E-state index is 0.493. The van der Waals surface area contributed by atoms with Crippen LogP contribution < -0.4 is 10.1 Å². The van der Waals surface area contributed by atoms with Crippen molar-refractivity contribution in [3.05, 3.63) is 29.3 Å². The Morgan fingerprint density at radius 1 is 1.25 bits per heavy atom. The van der Waals surface area contributed by atoms with Gasteiger partial charge in [-0.3, -0.25) is 4.90 Å². The third kappa shape index (κ3) is 2.82. The first-order chi connectivity index (χ1) is 9.78. The molecule has 0 spiro atoms. The first kappa shape index (κ1) is 13.9. The standard InChI is InChI=1S/C16H25N3O/c1-3-20-14-5-4-13-11-17-12-16(15(13)10-14)19-8-6-18(2)7-9-19/h4-5,10,16-17H,3,6-9,11-12H2,1-2H3/t16-/m1/s1. The van der Waals surface area contributed by atoms with Crippen molar-refractivity contribution >= 4 is 0 Å². The van der Waals surface area contributed by atoms with Gasteiger partial charge in [-0.25, -0.2) is 0 Å². The summed E-state index contributed by atoms with van der Waals surface area (Å²) < 4.78 is 5.68. The van der Waals surface area contributed by atoms with Crippen LogP contribution in [0, 0.1) is 0 Å². The summed E-state index contributed by atoms with van der Waals surface area (Å²) in [5.41, 5.74) is 2.88. The van der Waals surface area contributed by atoms with Gasteiger partial charge in [0.05, 0.1) is 6.61 Å². The van der Waals surface area contributed by atoms with Gasteiger partial charge in [-0.1, -0.05) is 6.07 Å². The van der Waals surface area contributed by atoms with E-state index >= 15 is 0 Å². The maximum atomic E-state index is 5.68. The van der Waals surface area contributed by atoms with Crippen LogP contribution in [0.1, 0.15) is 24.1 Å². The lowest BCUT2D eigenvalue weighted by Gasteiger charge is -2.40. The third-order valence-corrected chi connectivity index (χ3v) is 4.42. The highest BCUT2D eigenvalue weighted by Gasteiger charge is 2.28. The second-order valence-corrected chi connectivity index (χ2v) is 5.78. The molecule has 0 amide bonds. The van der Waals surface area contributed by atoms with E-state index in [1.807, 2.05) is 6.92 Å². The fourth-order valence-electron chi connectivity index (χ4n) is 3.21. The highest BCUT2D eigenvalue weighted by molar-refractivity contribution is 5.39. The molecule has 1 saturated heterocycles. The van der Waals surface area contributed by atoms with Gasteiger partial charge in [0.15, 0.2) is 0 Å². The van der Waals surface area contributed by atoms with Gasteiger partial charge < -0.3 is 15.0 Å². The summed E-state index contributed by atoms with van der Waals surface area (Å²) in [5.74, 6) is 1.01. The highest BCUT2D eigenvalue weighted by Crippen LogP contribution is 2.31. The van der Waals surface area contributed by atoms with Gasteiger partial charge in [-0.05, 0) is 37.2 Å². The van der Waals surface area contributed by atoms with Crippen LogP contribution in [0.4, 0.5) is 0 Å². The van der Waals surface area contributed by atoms with Crippen molar-refractivity contribution in [3.8, 4) is 5.75 Å². The molecular formula is C16H25N3O. The molecule has 1 aromatic rings. The highest BCUT2D eigenvalue weighted by atomic mass is 16.5. The Bertz CT molecular complexity index is 455. The number of piperazine rings is 1. The summed E-state index contributed by atoms with van der Waals surface area (Å²) in [7, 11) is 2.21. The average Bonchev–Trinajstić information content (AvgIpc) is 2.48. The molecule has 1 N–H and O–H groups in total. The van der Waals surface area contributed by atoms with Crippen LogP contribution in [0.5, 0.6) is 5.75 Å². The van der Waals surface area contributed by atoms with E-state index in [1.54, 1.807) is 0 Å². The number of benzene rings is 1. The van der Waals surface area contributed by atoms with Crippen LogP contribution in [0.25, 0.3) is 0 Å². The zero-order valence-corrected chi connectivity index (χ0v) is 12.6. The SMILES string of the molecule is CCOc1ccc2c(c1)[C@H](N1CCN(C)CC1)CNC2. The molecular weight excluding hydrogens is 250 g/mol. The Morgan fingerprint density at radius 2 is 2.05 bits per heavy atom. The van der Waals surface area contributed by atoms with Crippen LogP contribution in [0.2, 0.25) is 0 Å². The lowest BCUT2D eigenvalue weighted by Crippen LogP contribution is -2.49. The van der Waals surface area contributed by atoms with E-state index in [2.05, 4.69) is 40.4 Å². The minimum atomic E-state index is 0.493. The van der Waals surface area contributed by atoms with E-state index in [-0.39, 0.29) is 0 Å². The van der Waals surface area contributed by atoms with E-state index in [4.69, 9.17) is 4.74 Å². The quantitative estimate of drug-likeness (QED) is 0.904. The molecule has 1 aromatic carbocycles. The van der Waals surface area contributed by atoms with Gasteiger partial charge in [0.2, 0.25) is 0 Å². The molecule has 2 heterocycles. The molecule has 20 heavy (non-hydrogen) atoms. The smallest absolute Gasteiger partial charge is 0.119 e. The van der Waals surface area contributed by atoms with Crippen LogP contribution in [0.3, 0.4) is 0 Å². The largest absolute Gasteiger partial charge is 0.494 e. The summed E-state index contributed by atoms with van der Waals surface area (Å²) >= 11 is 0. The summed E-state index contributed by atoms with van der Waals surface area (Å²) in [5, 5.41) is 3.55. The summed E-state index contributed by atoms with van der Waals surface area (Å²) in [6, 6.07) is 7.06. The fraction of sp³-hybridized carbons (Fsp3) is 0.625. The maximum Gasteiger partial charge on any atom is 0.119 e. The normalized spacial score (nSPS) is 24.4. The molecule has 3 rings (SSSR count). The van der Waals surface area contributed by atoms with Crippen molar-refractivity contribution in [2.45, 2.75) is 19.5 Å². The Labute approximate surface area is 121 Å². The third-order valence-electron chi connectivity index (χ3n) is 4.42. The van der Waals surface area contributed by atoms with Gasteiger partial charge in [-0.15, -0.1) is 0 Å². The second-order valence-electron chi connectivity index (χ2n) is 5.78. The van der Waals surface area contributed by atoms with Crippen molar-refractivity contribution in [2.75, 3.05) is 46.4 Å². The van der Waals surface area contributed by atoms with Crippen molar-refractivity contribution < 1.29 is 4.74 Å². The zero-order valence-electron chi connectivity index (χ0n) is 12.6. The second kappa shape index (κ2) is 6.12. The fourth-order valence-corrected chi connectivity index (χ4v) is 3.21. The first-order valence-electron chi connectivity index (χ1n) is 7.67. The number of likely N-dealkylation sites (N-methyl/N-ethyl adjacent to an activating group) is 1. The molecule has 0 bridgehead atoms.